The van der Waals surface area contributed by atoms with Crippen molar-refractivity contribution in [3.05, 3.63) is 48.2 Å². The maximum atomic E-state index is 13.2. The Morgan fingerprint density at radius 2 is 1.91 bits per heavy atom. The number of piperidine rings is 1. The van der Waals surface area contributed by atoms with Crippen LogP contribution in [0.5, 0.6) is 5.88 Å². The Morgan fingerprint density at radius 1 is 1.12 bits per heavy atom. The van der Waals surface area contributed by atoms with E-state index in [1.54, 1.807) is 24.2 Å². The smallest absolute Gasteiger partial charge is 0.344 e. The Kier molecular flexibility index (Phi) is 6.94. The van der Waals surface area contributed by atoms with Gasteiger partial charge in [-0.15, -0.1) is 0 Å². The monoisotopic (exact) mass is 437 g/mol. The molecule has 2 aromatic rings. The molecule has 2 aliphatic rings. The van der Waals surface area contributed by atoms with Crippen molar-refractivity contribution in [1.82, 2.24) is 15.0 Å². The molecule has 0 aliphatic carbocycles. The lowest BCUT2D eigenvalue weighted by Gasteiger charge is -2.33. The van der Waals surface area contributed by atoms with Crippen molar-refractivity contribution in [2.24, 2.45) is 11.0 Å². The lowest BCUT2D eigenvalue weighted by molar-refractivity contribution is -0.145. The number of benzene rings is 1. The summed E-state index contributed by atoms with van der Waals surface area (Å²) >= 11 is 0. The van der Waals surface area contributed by atoms with E-state index < -0.39 is 5.97 Å². The SMILES string of the molecule is CCOC(=O)COc1ccnc(N2CCC(C(=O)N3N=CC[C@H]3c3ccccc3)CC2)n1. The van der Waals surface area contributed by atoms with Crippen LogP contribution in [0.25, 0.3) is 0 Å². The first-order chi connectivity index (χ1) is 15.7. The molecule has 3 heterocycles. The minimum atomic E-state index is -0.439. The molecule has 0 bridgehead atoms. The Labute approximate surface area is 187 Å². The van der Waals surface area contributed by atoms with Gasteiger partial charge in [0.1, 0.15) is 0 Å². The highest BCUT2D eigenvalue weighted by molar-refractivity contribution is 5.82. The minimum absolute atomic E-state index is 0.0294. The van der Waals surface area contributed by atoms with Gasteiger partial charge in [-0.1, -0.05) is 30.3 Å². The average Bonchev–Trinajstić information content (AvgIpc) is 3.33. The summed E-state index contributed by atoms with van der Waals surface area (Å²) in [5.74, 6) is 0.387. The van der Waals surface area contributed by atoms with Gasteiger partial charge in [0.05, 0.1) is 12.6 Å². The lowest BCUT2D eigenvalue weighted by atomic mass is 9.94. The highest BCUT2D eigenvalue weighted by atomic mass is 16.6. The molecule has 2 aliphatic heterocycles. The lowest BCUT2D eigenvalue weighted by Crippen LogP contribution is -2.41. The third-order valence-electron chi connectivity index (χ3n) is 5.63. The number of rotatable bonds is 7. The summed E-state index contributed by atoms with van der Waals surface area (Å²) in [4.78, 5) is 35.4. The number of hydrogen-bond acceptors (Lipinski definition) is 8. The van der Waals surface area contributed by atoms with E-state index in [1.165, 1.54) is 0 Å². The van der Waals surface area contributed by atoms with E-state index in [1.807, 2.05) is 41.4 Å². The molecular weight excluding hydrogens is 410 g/mol. The molecular formula is C23H27N5O4. The van der Waals surface area contributed by atoms with Crippen LogP contribution in [0.15, 0.2) is 47.7 Å². The fraction of sp³-hybridized carbons (Fsp3) is 0.435. The molecule has 9 heteroatoms. The molecule has 1 amide bonds. The van der Waals surface area contributed by atoms with Crippen molar-refractivity contribution in [1.29, 1.82) is 0 Å². The molecule has 1 saturated heterocycles. The van der Waals surface area contributed by atoms with Crippen molar-refractivity contribution in [2.75, 3.05) is 31.2 Å². The van der Waals surface area contributed by atoms with Gasteiger partial charge < -0.3 is 14.4 Å². The number of hydrogen-bond donors (Lipinski definition) is 0. The second-order valence-electron chi connectivity index (χ2n) is 7.69. The third kappa shape index (κ3) is 5.04. The fourth-order valence-corrected chi connectivity index (χ4v) is 3.99. The number of nitrogens with zero attached hydrogens (tertiary/aromatic N) is 5. The molecule has 0 spiro atoms. The number of anilines is 1. The van der Waals surface area contributed by atoms with Crippen LogP contribution in [0.1, 0.15) is 37.8 Å². The largest absolute Gasteiger partial charge is 0.466 e. The molecule has 4 rings (SSSR count). The average molecular weight is 438 g/mol. The van der Waals surface area contributed by atoms with Crippen LogP contribution in [0, 0.1) is 5.92 Å². The Bertz CT molecular complexity index is 960. The van der Waals surface area contributed by atoms with Gasteiger partial charge in [-0.25, -0.2) is 14.8 Å². The number of amides is 1. The van der Waals surface area contributed by atoms with Crippen LogP contribution in [0.3, 0.4) is 0 Å². The van der Waals surface area contributed by atoms with Gasteiger partial charge >= 0.3 is 5.97 Å². The van der Waals surface area contributed by atoms with E-state index in [9.17, 15) is 9.59 Å². The van der Waals surface area contributed by atoms with Crippen LogP contribution in [0.2, 0.25) is 0 Å². The second-order valence-corrected chi connectivity index (χ2v) is 7.69. The third-order valence-corrected chi connectivity index (χ3v) is 5.63. The van der Waals surface area contributed by atoms with Gasteiger partial charge in [0.15, 0.2) is 6.61 Å². The van der Waals surface area contributed by atoms with Crippen LogP contribution >= 0.6 is 0 Å². The van der Waals surface area contributed by atoms with Crippen molar-refractivity contribution >= 4 is 24.0 Å². The predicted molar refractivity (Wildman–Crippen MR) is 118 cm³/mol. The van der Waals surface area contributed by atoms with Crippen molar-refractivity contribution in [2.45, 2.75) is 32.2 Å². The molecule has 168 valence electrons. The predicted octanol–water partition coefficient (Wildman–Crippen LogP) is 2.59. The van der Waals surface area contributed by atoms with Gasteiger partial charge in [0.2, 0.25) is 17.7 Å². The van der Waals surface area contributed by atoms with E-state index in [2.05, 4.69) is 15.1 Å². The van der Waals surface area contributed by atoms with Crippen LogP contribution in [-0.4, -0.2) is 59.4 Å². The summed E-state index contributed by atoms with van der Waals surface area (Å²) in [6.07, 6.45) is 5.55. The molecule has 32 heavy (non-hydrogen) atoms. The first-order valence-electron chi connectivity index (χ1n) is 10.9. The van der Waals surface area contributed by atoms with Gasteiger partial charge in [0.25, 0.3) is 0 Å². The first-order valence-corrected chi connectivity index (χ1v) is 10.9. The van der Waals surface area contributed by atoms with Gasteiger partial charge in [0, 0.05) is 43.9 Å². The summed E-state index contributed by atoms with van der Waals surface area (Å²) in [5, 5.41) is 6.02. The Hall–Kier alpha value is -3.49. The Morgan fingerprint density at radius 3 is 2.66 bits per heavy atom. The number of esters is 1. The highest BCUT2D eigenvalue weighted by Crippen LogP contribution is 2.32. The summed E-state index contributed by atoms with van der Waals surface area (Å²) in [6, 6.07) is 11.6. The van der Waals surface area contributed by atoms with E-state index in [0.717, 1.165) is 12.0 Å². The molecule has 0 saturated carbocycles. The molecule has 1 atom stereocenters. The fourth-order valence-electron chi connectivity index (χ4n) is 3.99. The molecule has 0 N–H and O–H groups in total. The van der Waals surface area contributed by atoms with Gasteiger partial charge in [-0.2, -0.15) is 10.1 Å². The van der Waals surface area contributed by atoms with Crippen molar-refractivity contribution in [3.63, 3.8) is 0 Å². The van der Waals surface area contributed by atoms with Gasteiger partial charge in [-0.05, 0) is 25.3 Å². The number of carbonyl (C=O) groups is 2. The van der Waals surface area contributed by atoms with Crippen LogP contribution in [0.4, 0.5) is 5.95 Å². The Balaban J connectivity index is 1.33. The van der Waals surface area contributed by atoms with Crippen LogP contribution in [-0.2, 0) is 14.3 Å². The number of carbonyl (C=O) groups excluding carboxylic acids is 2. The second kappa shape index (κ2) is 10.2. The van der Waals surface area contributed by atoms with Crippen molar-refractivity contribution < 1.29 is 19.1 Å². The van der Waals surface area contributed by atoms with E-state index in [4.69, 9.17) is 9.47 Å². The quantitative estimate of drug-likeness (QED) is 0.614. The summed E-state index contributed by atoms with van der Waals surface area (Å²) in [6.45, 7) is 3.17. The molecule has 0 unspecified atom stereocenters. The number of aromatic nitrogens is 2. The number of hydrazone groups is 1. The standard InChI is InChI=1S/C23H27N5O4/c1-2-31-21(29)16-32-20-9-12-24-23(26-20)27-14-10-18(11-15-27)22(30)28-19(8-13-25-28)17-6-4-3-5-7-17/h3-7,9,12-13,18-19H,2,8,10-11,14-16H2,1H3/t19-/m0/s1. The summed E-state index contributed by atoms with van der Waals surface area (Å²) in [7, 11) is 0. The van der Waals surface area contributed by atoms with Crippen molar-refractivity contribution in [3.8, 4) is 5.88 Å². The van der Waals surface area contributed by atoms with E-state index in [0.29, 0.717) is 44.4 Å². The highest BCUT2D eigenvalue weighted by Gasteiger charge is 2.35. The molecule has 1 aromatic heterocycles. The molecule has 1 fully saturated rings. The maximum Gasteiger partial charge on any atom is 0.344 e. The van der Waals surface area contributed by atoms with Crippen LogP contribution < -0.4 is 9.64 Å². The van der Waals surface area contributed by atoms with Gasteiger partial charge in [-0.3, -0.25) is 4.79 Å². The van der Waals surface area contributed by atoms with E-state index in [-0.39, 0.29) is 24.5 Å². The zero-order valence-electron chi connectivity index (χ0n) is 18.1. The van der Waals surface area contributed by atoms with E-state index >= 15 is 0 Å². The zero-order valence-corrected chi connectivity index (χ0v) is 18.1. The molecule has 9 nitrogen and oxygen atoms in total. The zero-order chi connectivity index (χ0) is 22.3. The topological polar surface area (TPSA) is 97.2 Å². The number of ether oxygens (including phenoxy) is 2. The first kappa shape index (κ1) is 21.7. The normalized spacial score (nSPS) is 18.6. The summed E-state index contributed by atoms with van der Waals surface area (Å²) < 4.78 is 10.3. The summed E-state index contributed by atoms with van der Waals surface area (Å²) in [5.41, 5.74) is 1.10. The minimum Gasteiger partial charge on any atom is -0.466 e. The maximum absolute atomic E-state index is 13.2. The molecule has 0 radical (unpaired) electrons. The molecule has 1 aromatic carbocycles.